The van der Waals surface area contributed by atoms with Crippen LogP contribution in [0, 0.1) is 0 Å². The molecule has 16 nitrogen and oxygen atoms in total. The second-order valence-corrected chi connectivity index (χ2v) is 12.6. The van der Waals surface area contributed by atoms with Crippen LogP contribution in [0.2, 0.25) is 0 Å². The zero-order valence-corrected chi connectivity index (χ0v) is 29.7. The molecule has 0 bridgehead atoms. The fourth-order valence-electron chi connectivity index (χ4n) is 4.90. The number of alkyl carbamates (subject to hydrolysis) is 1. The van der Waals surface area contributed by atoms with Gasteiger partial charge in [0.15, 0.2) is 18.6 Å². The van der Waals surface area contributed by atoms with E-state index in [4.69, 9.17) is 38.3 Å². The highest BCUT2D eigenvalue weighted by atomic mass is 16.8. The minimum Gasteiger partial charge on any atom is -0.482 e. The maximum atomic E-state index is 13.4. The first kappa shape index (κ1) is 40.2. The second-order valence-electron chi connectivity index (χ2n) is 12.6. The number of carbonyl (C=O) groups excluding carboxylic acids is 4. The molecule has 16 heteroatoms. The van der Waals surface area contributed by atoms with Crippen LogP contribution in [0.4, 0.5) is 4.79 Å². The van der Waals surface area contributed by atoms with Crippen LogP contribution < -0.4 is 20.8 Å². The van der Waals surface area contributed by atoms with Crippen molar-refractivity contribution in [1.82, 2.24) is 10.6 Å². The fraction of sp³-hybridized carbons (Fsp3) is 0.378. The maximum absolute atomic E-state index is 13.4. The van der Waals surface area contributed by atoms with Gasteiger partial charge in [-0.3, -0.25) is 9.59 Å². The number of hydrogen-bond acceptors (Lipinski definition) is 14. The maximum Gasteiger partial charge on any atom is 0.411 e. The van der Waals surface area contributed by atoms with E-state index >= 15 is 0 Å². The molecule has 0 aromatic heterocycles. The zero-order chi connectivity index (χ0) is 38.6. The number of fused-ring (bicyclic) bond motifs is 2. The van der Waals surface area contributed by atoms with Crippen LogP contribution in [0.5, 0.6) is 5.75 Å². The first-order valence-corrected chi connectivity index (χ1v) is 16.6. The molecule has 0 saturated carbocycles. The number of ether oxygens (including phenoxy) is 6. The molecular weight excluding hydrogens is 696 g/mol. The van der Waals surface area contributed by atoms with E-state index in [-0.39, 0.29) is 62.9 Å². The van der Waals surface area contributed by atoms with Gasteiger partial charge >= 0.3 is 24.0 Å². The lowest BCUT2D eigenvalue weighted by atomic mass is 9.91. The summed E-state index contributed by atoms with van der Waals surface area (Å²) in [5, 5.41) is 23.4. The Hall–Kier alpha value is -5.55. The van der Waals surface area contributed by atoms with Crippen LogP contribution in [0.15, 0.2) is 69.9 Å². The van der Waals surface area contributed by atoms with Gasteiger partial charge in [-0.1, -0.05) is 18.2 Å². The lowest BCUT2D eigenvalue weighted by Gasteiger charge is -2.20. The van der Waals surface area contributed by atoms with E-state index in [2.05, 4.69) is 15.4 Å². The van der Waals surface area contributed by atoms with Crippen LogP contribution in [0.3, 0.4) is 0 Å². The van der Waals surface area contributed by atoms with E-state index in [1.165, 1.54) is 12.1 Å². The Morgan fingerprint density at radius 2 is 1.47 bits per heavy atom. The molecule has 1 heterocycles. The van der Waals surface area contributed by atoms with Gasteiger partial charge in [0.25, 0.3) is 5.91 Å². The number of hydrogen-bond donors (Lipinski definition) is 4. The van der Waals surface area contributed by atoms with Gasteiger partial charge in [-0.2, -0.15) is 0 Å². The summed E-state index contributed by atoms with van der Waals surface area (Å²) >= 11 is 0. The van der Waals surface area contributed by atoms with E-state index in [1.807, 2.05) is 0 Å². The highest BCUT2D eigenvalue weighted by Gasteiger charge is 2.24. The lowest BCUT2D eigenvalue weighted by Crippen LogP contribution is -2.37. The van der Waals surface area contributed by atoms with Crippen molar-refractivity contribution in [2.45, 2.75) is 39.3 Å². The van der Waals surface area contributed by atoms with Gasteiger partial charge in [-0.25, -0.2) is 14.4 Å². The standard InChI is InChI=1S/C37H42N2O14/c1-36(2,3)52-32(42)22-49-24-10-12-28-30(20-24)51-29-19-23(40)9-11-27(29)33(28)25-7-5-6-8-26(25)34(43)50-21-31(41)38-13-15-47-17-18-48-16-14-39-35(44)53-37(4,45)46/h5-12,19-20,45-46H,13-18,21-22H2,1-4H3,(H,38,41)(H,39,44). The van der Waals surface area contributed by atoms with Gasteiger partial charge in [0, 0.05) is 48.7 Å². The predicted molar refractivity (Wildman–Crippen MR) is 188 cm³/mol. The third-order valence-electron chi connectivity index (χ3n) is 6.93. The fourth-order valence-corrected chi connectivity index (χ4v) is 4.90. The summed E-state index contributed by atoms with van der Waals surface area (Å²) < 4.78 is 37.3. The summed E-state index contributed by atoms with van der Waals surface area (Å²) in [6.07, 6.45) is -1.02. The normalized spacial score (nSPS) is 11.6. The van der Waals surface area contributed by atoms with Crippen LogP contribution >= 0.6 is 0 Å². The van der Waals surface area contributed by atoms with Gasteiger partial charge in [-0.05, 0) is 56.7 Å². The first-order chi connectivity index (χ1) is 25.1. The summed E-state index contributed by atoms with van der Waals surface area (Å²) in [5.74, 6) is -3.85. The Morgan fingerprint density at radius 1 is 0.774 bits per heavy atom. The topological polar surface area (TPSA) is 218 Å². The van der Waals surface area contributed by atoms with E-state index in [0.29, 0.717) is 33.4 Å². The predicted octanol–water partition coefficient (Wildman–Crippen LogP) is 2.98. The molecule has 0 fully saturated rings. The highest BCUT2D eigenvalue weighted by molar-refractivity contribution is 6.08. The molecule has 4 rings (SSSR count). The molecule has 1 aliphatic heterocycles. The summed E-state index contributed by atoms with van der Waals surface area (Å²) in [4.78, 5) is 61.6. The second kappa shape index (κ2) is 18.3. The quantitative estimate of drug-likeness (QED) is 0.0403. The molecule has 2 aromatic rings. The van der Waals surface area contributed by atoms with E-state index in [1.54, 1.807) is 69.3 Å². The molecule has 0 radical (unpaired) electrons. The number of amides is 2. The number of carbonyl (C=O) groups is 4. The van der Waals surface area contributed by atoms with Crippen molar-refractivity contribution in [3.8, 4) is 28.2 Å². The summed E-state index contributed by atoms with van der Waals surface area (Å²) in [7, 11) is 0. The Kier molecular flexibility index (Phi) is 13.9. The Morgan fingerprint density at radius 3 is 2.17 bits per heavy atom. The Labute approximate surface area is 304 Å². The van der Waals surface area contributed by atoms with E-state index in [0.717, 1.165) is 6.92 Å². The molecular formula is C37H42N2O14. The Balaban J connectivity index is 1.33. The minimum atomic E-state index is -2.57. The molecule has 284 valence electrons. The molecule has 0 atom stereocenters. The van der Waals surface area contributed by atoms with Gasteiger partial charge in [-0.15, -0.1) is 0 Å². The van der Waals surface area contributed by atoms with Gasteiger partial charge in [0.2, 0.25) is 0 Å². The van der Waals surface area contributed by atoms with Crippen molar-refractivity contribution in [3.05, 3.63) is 76.5 Å². The van der Waals surface area contributed by atoms with Crippen molar-refractivity contribution in [2.24, 2.45) is 0 Å². The molecule has 53 heavy (non-hydrogen) atoms. The summed E-state index contributed by atoms with van der Waals surface area (Å²) in [6.45, 7) is 6.13. The zero-order valence-electron chi connectivity index (χ0n) is 29.7. The molecule has 2 amide bonds. The third kappa shape index (κ3) is 12.9. The molecule has 0 saturated heterocycles. The third-order valence-corrected chi connectivity index (χ3v) is 6.93. The summed E-state index contributed by atoms with van der Waals surface area (Å²) in [6, 6.07) is 16.0. The van der Waals surface area contributed by atoms with Crippen LogP contribution in [-0.4, -0.2) is 98.5 Å². The van der Waals surface area contributed by atoms with Crippen LogP contribution in [-0.2, 0) is 33.3 Å². The number of esters is 2. The molecule has 0 unspecified atom stereocenters. The number of aliphatic hydroxyl groups is 2. The van der Waals surface area contributed by atoms with Crippen molar-refractivity contribution in [2.75, 3.05) is 52.7 Å². The lowest BCUT2D eigenvalue weighted by molar-refractivity contribution is -0.293. The van der Waals surface area contributed by atoms with Gasteiger partial charge in [0.1, 0.15) is 22.7 Å². The van der Waals surface area contributed by atoms with Crippen molar-refractivity contribution >= 4 is 34.9 Å². The number of rotatable bonds is 17. The summed E-state index contributed by atoms with van der Waals surface area (Å²) in [5.41, 5.74) is 1.13. The monoisotopic (exact) mass is 738 g/mol. The highest BCUT2D eigenvalue weighted by Crippen LogP contribution is 2.42. The van der Waals surface area contributed by atoms with Gasteiger partial charge < -0.3 is 53.7 Å². The first-order valence-electron chi connectivity index (χ1n) is 16.6. The van der Waals surface area contributed by atoms with E-state index in [9.17, 15) is 24.0 Å². The van der Waals surface area contributed by atoms with Gasteiger partial charge in [0.05, 0.1) is 32.0 Å². The van der Waals surface area contributed by atoms with Crippen LogP contribution in [0.25, 0.3) is 33.4 Å². The molecule has 2 aliphatic rings. The number of nitrogens with one attached hydrogen (secondary N) is 2. The molecule has 0 spiro atoms. The smallest absolute Gasteiger partial charge is 0.411 e. The average Bonchev–Trinajstić information content (AvgIpc) is 3.07. The van der Waals surface area contributed by atoms with Crippen molar-refractivity contribution in [1.29, 1.82) is 0 Å². The Bertz CT molecular complexity index is 1930. The molecule has 2 aromatic carbocycles. The minimum absolute atomic E-state index is 0.0692. The van der Waals surface area contributed by atoms with Crippen molar-refractivity contribution in [3.63, 3.8) is 0 Å². The number of benzene rings is 3. The SMILES string of the molecule is CC(C)(C)OC(=O)COc1ccc2c(-c3ccccc3C(=O)OCC(=O)NCCOCCOCCNC(=O)OC(C)(O)O)c3ccc(=O)cc-3oc2c1. The van der Waals surface area contributed by atoms with Crippen molar-refractivity contribution < 1.29 is 62.2 Å². The van der Waals surface area contributed by atoms with Crippen LogP contribution in [0.1, 0.15) is 38.1 Å². The largest absolute Gasteiger partial charge is 0.482 e. The molecule has 4 N–H and O–H groups in total. The van der Waals surface area contributed by atoms with E-state index < -0.39 is 42.1 Å². The average molecular weight is 739 g/mol. The molecule has 1 aliphatic carbocycles.